The van der Waals surface area contributed by atoms with Crippen LogP contribution in [0.2, 0.25) is 0 Å². The highest BCUT2D eigenvalue weighted by Gasteiger charge is 2.73. The third kappa shape index (κ3) is 4.56. The zero-order valence-corrected chi connectivity index (χ0v) is 24.2. The van der Waals surface area contributed by atoms with Crippen LogP contribution in [0.25, 0.3) is 10.8 Å². The zero-order valence-electron chi connectivity index (χ0n) is 24.2. The van der Waals surface area contributed by atoms with Crippen LogP contribution in [0.15, 0.2) is 60.7 Å². The van der Waals surface area contributed by atoms with Gasteiger partial charge >= 0.3 is 6.03 Å². The van der Waals surface area contributed by atoms with Crippen LogP contribution < -0.4 is 20.3 Å². The fourth-order valence-electron chi connectivity index (χ4n) is 6.93. The van der Waals surface area contributed by atoms with E-state index < -0.39 is 23.0 Å². The molecule has 0 aromatic heterocycles. The molecule has 3 aromatic rings. The number of nitrogens with one attached hydrogen (secondary N) is 2. The number of ether oxygens (including phenoxy) is 2. The summed E-state index contributed by atoms with van der Waals surface area (Å²) in [7, 11) is 0. The van der Waals surface area contributed by atoms with E-state index in [1.807, 2.05) is 58.0 Å². The highest BCUT2D eigenvalue weighted by atomic mass is 16.5. The maximum absolute atomic E-state index is 14.1. The molecule has 4 amide bonds. The van der Waals surface area contributed by atoms with Crippen LogP contribution in [-0.4, -0.2) is 41.2 Å². The number of anilines is 2. The Balaban J connectivity index is 1.21. The second-order valence-corrected chi connectivity index (χ2v) is 12.7. The number of urea groups is 1. The molecular weight excluding hydrogens is 532 g/mol. The van der Waals surface area contributed by atoms with Gasteiger partial charge in [0.05, 0.1) is 47.0 Å². The SMILES string of the molecule is CC(C)(C)NC(=O)Nc1cccc(OCC[C@@]23CC[C@@](C)(O2)[C@H]2C(=O)N(c4ccc(C#N)c5ccccc45)C(=O)[C@H]23)c1. The maximum atomic E-state index is 14.1. The van der Waals surface area contributed by atoms with Crippen LogP contribution in [0.1, 0.15) is 52.5 Å². The van der Waals surface area contributed by atoms with Gasteiger partial charge in [-0.25, -0.2) is 9.69 Å². The molecule has 6 rings (SSSR count). The van der Waals surface area contributed by atoms with Crippen molar-refractivity contribution in [3.63, 3.8) is 0 Å². The maximum Gasteiger partial charge on any atom is 0.319 e. The molecule has 3 saturated heterocycles. The Bertz CT molecular complexity index is 1660. The van der Waals surface area contributed by atoms with E-state index in [1.54, 1.807) is 30.3 Å². The van der Waals surface area contributed by atoms with Gasteiger partial charge in [-0.3, -0.25) is 9.59 Å². The minimum absolute atomic E-state index is 0.253. The van der Waals surface area contributed by atoms with Crippen molar-refractivity contribution in [2.75, 3.05) is 16.8 Å². The first kappa shape index (κ1) is 27.7. The van der Waals surface area contributed by atoms with Crippen LogP contribution in [-0.2, 0) is 14.3 Å². The van der Waals surface area contributed by atoms with E-state index in [9.17, 15) is 19.6 Å². The molecule has 0 saturated carbocycles. The van der Waals surface area contributed by atoms with E-state index in [0.29, 0.717) is 52.7 Å². The quantitative estimate of drug-likeness (QED) is 0.379. The van der Waals surface area contributed by atoms with Crippen molar-refractivity contribution < 1.29 is 23.9 Å². The number of nitrogens with zero attached hydrogens (tertiary/aromatic N) is 2. The lowest BCUT2D eigenvalue weighted by atomic mass is 9.67. The third-order valence-electron chi connectivity index (χ3n) is 8.65. The molecule has 0 radical (unpaired) electrons. The Morgan fingerprint density at radius 2 is 1.79 bits per heavy atom. The highest BCUT2D eigenvalue weighted by molar-refractivity contribution is 6.26. The van der Waals surface area contributed by atoms with E-state index in [0.717, 1.165) is 0 Å². The number of nitriles is 1. The van der Waals surface area contributed by atoms with E-state index >= 15 is 0 Å². The lowest BCUT2D eigenvalue weighted by Crippen LogP contribution is -2.43. The normalized spacial score (nSPS) is 26.3. The van der Waals surface area contributed by atoms with Gasteiger partial charge < -0.3 is 20.1 Å². The first-order valence-electron chi connectivity index (χ1n) is 14.3. The monoisotopic (exact) mass is 566 g/mol. The smallest absolute Gasteiger partial charge is 0.319 e. The molecule has 3 fully saturated rings. The van der Waals surface area contributed by atoms with Crippen LogP contribution in [0.3, 0.4) is 0 Å². The Morgan fingerprint density at radius 1 is 1.05 bits per heavy atom. The average Bonchev–Trinajstić information content (AvgIpc) is 3.51. The minimum atomic E-state index is -0.814. The lowest BCUT2D eigenvalue weighted by Gasteiger charge is -2.31. The number of imide groups is 1. The first-order valence-corrected chi connectivity index (χ1v) is 14.3. The van der Waals surface area contributed by atoms with E-state index in [1.165, 1.54) is 4.90 Å². The van der Waals surface area contributed by atoms with Crippen molar-refractivity contribution >= 4 is 40.0 Å². The van der Waals surface area contributed by atoms with Gasteiger partial charge in [-0.2, -0.15) is 5.26 Å². The highest BCUT2D eigenvalue weighted by Crippen LogP contribution is 2.62. The van der Waals surface area contributed by atoms with E-state index in [-0.39, 0.29) is 30.0 Å². The van der Waals surface area contributed by atoms with Gasteiger partial charge in [0.25, 0.3) is 0 Å². The van der Waals surface area contributed by atoms with Gasteiger partial charge in [0.15, 0.2) is 0 Å². The van der Waals surface area contributed by atoms with Crippen molar-refractivity contribution in [2.45, 2.75) is 63.7 Å². The number of carbonyl (C=O) groups excluding carboxylic acids is 3. The predicted octanol–water partition coefficient (Wildman–Crippen LogP) is 5.53. The molecule has 9 heteroatoms. The van der Waals surface area contributed by atoms with Crippen molar-refractivity contribution in [1.82, 2.24) is 5.32 Å². The number of amides is 4. The molecule has 2 N–H and O–H groups in total. The Labute approximate surface area is 244 Å². The lowest BCUT2D eigenvalue weighted by molar-refractivity contribution is -0.131. The largest absolute Gasteiger partial charge is 0.493 e. The molecule has 3 aliphatic heterocycles. The van der Waals surface area contributed by atoms with Crippen molar-refractivity contribution in [1.29, 1.82) is 5.26 Å². The Hall–Kier alpha value is -4.42. The van der Waals surface area contributed by atoms with Crippen LogP contribution in [0, 0.1) is 23.2 Å². The number of rotatable bonds is 6. The number of benzene rings is 3. The summed E-state index contributed by atoms with van der Waals surface area (Å²) >= 11 is 0. The van der Waals surface area contributed by atoms with Gasteiger partial charge in [0, 0.05) is 34.5 Å². The molecule has 9 nitrogen and oxygen atoms in total. The van der Waals surface area contributed by atoms with Crippen molar-refractivity contribution in [3.8, 4) is 11.8 Å². The molecule has 4 atom stereocenters. The predicted molar refractivity (Wildman–Crippen MR) is 158 cm³/mol. The van der Waals surface area contributed by atoms with E-state index in [4.69, 9.17) is 9.47 Å². The van der Waals surface area contributed by atoms with Crippen molar-refractivity contribution in [3.05, 3.63) is 66.2 Å². The zero-order chi connectivity index (χ0) is 29.9. The summed E-state index contributed by atoms with van der Waals surface area (Å²) in [6.07, 6.45) is 1.77. The second kappa shape index (κ2) is 9.85. The Morgan fingerprint density at radius 3 is 2.52 bits per heavy atom. The van der Waals surface area contributed by atoms with Gasteiger partial charge in [-0.1, -0.05) is 30.3 Å². The summed E-state index contributed by atoms with van der Waals surface area (Å²) < 4.78 is 12.6. The fourth-order valence-corrected chi connectivity index (χ4v) is 6.93. The van der Waals surface area contributed by atoms with Gasteiger partial charge in [-0.05, 0) is 64.8 Å². The van der Waals surface area contributed by atoms with Crippen LogP contribution in [0.4, 0.5) is 16.2 Å². The van der Waals surface area contributed by atoms with Crippen molar-refractivity contribution in [2.24, 2.45) is 11.8 Å². The summed E-state index contributed by atoms with van der Waals surface area (Å²) in [6.45, 7) is 7.93. The first-order chi connectivity index (χ1) is 19.9. The summed E-state index contributed by atoms with van der Waals surface area (Å²) in [4.78, 5) is 41.6. The molecule has 0 unspecified atom stereocenters. The molecule has 216 valence electrons. The summed E-state index contributed by atoms with van der Waals surface area (Å²) in [6, 6.07) is 19.7. The second-order valence-electron chi connectivity index (χ2n) is 12.7. The topological polar surface area (TPSA) is 121 Å². The van der Waals surface area contributed by atoms with Gasteiger partial charge in [0.1, 0.15) is 5.75 Å². The number of carbonyl (C=O) groups is 3. The molecule has 3 aliphatic rings. The molecule has 3 aromatic carbocycles. The standard InChI is InChI=1S/C33H34N4O5/c1-31(2,3)36-30(40)35-21-8-7-9-22(18-21)41-17-16-33-15-14-32(4,42-33)26-27(33)29(39)37(28(26)38)25-13-12-20(19-34)23-10-5-6-11-24(23)25/h5-13,18,26-27H,14-17H2,1-4H3,(H2,35,36,40)/t26-,27+,32-,33-/m1/s1. The Kier molecular flexibility index (Phi) is 6.50. The number of hydrogen-bond acceptors (Lipinski definition) is 6. The molecule has 2 bridgehead atoms. The van der Waals surface area contributed by atoms with Gasteiger partial charge in [0.2, 0.25) is 11.8 Å². The number of fused-ring (bicyclic) bond motifs is 6. The summed E-state index contributed by atoms with van der Waals surface area (Å²) in [5.74, 6) is -1.14. The molecular formula is C33H34N4O5. The molecule has 0 aliphatic carbocycles. The fraction of sp³-hybridized carbons (Fsp3) is 0.394. The molecule has 42 heavy (non-hydrogen) atoms. The van der Waals surface area contributed by atoms with Gasteiger partial charge in [-0.15, -0.1) is 0 Å². The summed E-state index contributed by atoms with van der Waals surface area (Å²) in [5, 5.41) is 16.7. The average molecular weight is 567 g/mol. The van der Waals surface area contributed by atoms with Crippen LogP contribution in [0.5, 0.6) is 5.75 Å². The minimum Gasteiger partial charge on any atom is -0.493 e. The molecule has 0 spiro atoms. The third-order valence-corrected chi connectivity index (χ3v) is 8.65. The van der Waals surface area contributed by atoms with Crippen LogP contribution >= 0.6 is 0 Å². The molecule has 3 heterocycles. The number of hydrogen-bond donors (Lipinski definition) is 2. The van der Waals surface area contributed by atoms with E-state index in [2.05, 4.69) is 16.7 Å². The summed E-state index contributed by atoms with van der Waals surface area (Å²) in [5.41, 5.74) is -0.325.